The zero-order valence-corrected chi connectivity index (χ0v) is 13.0. The molecule has 1 aliphatic rings. The Morgan fingerprint density at radius 2 is 1.90 bits per heavy atom. The standard InChI is InChI=1S/C14H27N3O3/c1-11(2)16(4)10-7-15-13(20)17-8-5-14(3,6-9-17)12(18)19/h11H,5-10H2,1-4H3,(H,15,20)(H,18,19). The first-order valence-electron chi connectivity index (χ1n) is 7.22. The molecule has 1 saturated heterocycles. The summed E-state index contributed by atoms with van der Waals surface area (Å²) in [5.74, 6) is -0.767. The van der Waals surface area contributed by atoms with Gasteiger partial charge in [0.25, 0.3) is 0 Å². The minimum absolute atomic E-state index is 0.0883. The van der Waals surface area contributed by atoms with E-state index in [1.807, 2.05) is 7.05 Å². The lowest BCUT2D eigenvalue weighted by atomic mass is 9.80. The summed E-state index contributed by atoms with van der Waals surface area (Å²) in [5, 5.41) is 12.0. The van der Waals surface area contributed by atoms with Crippen molar-refractivity contribution in [3.05, 3.63) is 0 Å². The second-order valence-electron chi connectivity index (χ2n) is 6.16. The van der Waals surface area contributed by atoms with E-state index in [4.69, 9.17) is 5.11 Å². The molecule has 0 unspecified atom stereocenters. The maximum absolute atomic E-state index is 12.0. The Morgan fingerprint density at radius 1 is 1.35 bits per heavy atom. The number of piperidine rings is 1. The van der Waals surface area contributed by atoms with Gasteiger partial charge >= 0.3 is 12.0 Å². The van der Waals surface area contributed by atoms with Gasteiger partial charge in [0.05, 0.1) is 5.41 Å². The molecular weight excluding hydrogens is 258 g/mol. The molecule has 1 aliphatic heterocycles. The van der Waals surface area contributed by atoms with E-state index in [-0.39, 0.29) is 6.03 Å². The molecule has 0 aromatic heterocycles. The van der Waals surface area contributed by atoms with E-state index in [9.17, 15) is 9.59 Å². The summed E-state index contributed by atoms with van der Waals surface area (Å²) in [5.41, 5.74) is -0.686. The first kappa shape index (κ1) is 16.8. The van der Waals surface area contributed by atoms with Crippen LogP contribution in [0.25, 0.3) is 0 Å². The van der Waals surface area contributed by atoms with Crippen LogP contribution in [0.3, 0.4) is 0 Å². The first-order valence-corrected chi connectivity index (χ1v) is 7.22. The number of hydrogen-bond acceptors (Lipinski definition) is 3. The average Bonchev–Trinajstić information content (AvgIpc) is 2.38. The van der Waals surface area contributed by atoms with Gasteiger partial charge in [-0.1, -0.05) is 0 Å². The number of urea groups is 1. The normalized spacial score (nSPS) is 18.4. The van der Waals surface area contributed by atoms with E-state index in [1.165, 1.54) is 0 Å². The molecule has 0 aliphatic carbocycles. The molecule has 0 radical (unpaired) electrons. The highest BCUT2D eigenvalue weighted by Crippen LogP contribution is 2.30. The molecule has 0 bridgehead atoms. The Bertz CT molecular complexity index is 350. The fourth-order valence-electron chi connectivity index (χ4n) is 2.13. The van der Waals surface area contributed by atoms with E-state index in [0.717, 1.165) is 6.54 Å². The molecule has 116 valence electrons. The Labute approximate surface area is 121 Å². The minimum Gasteiger partial charge on any atom is -0.481 e. The molecular formula is C14H27N3O3. The van der Waals surface area contributed by atoms with Gasteiger partial charge in [0, 0.05) is 32.2 Å². The Hall–Kier alpha value is -1.30. The number of nitrogens with one attached hydrogen (secondary N) is 1. The molecule has 6 heteroatoms. The summed E-state index contributed by atoms with van der Waals surface area (Å²) >= 11 is 0. The molecule has 0 aromatic rings. The van der Waals surface area contributed by atoms with Gasteiger partial charge in [0.15, 0.2) is 0 Å². The Kier molecular flexibility index (Phi) is 5.80. The number of aliphatic carboxylic acids is 1. The van der Waals surface area contributed by atoms with Crippen molar-refractivity contribution < 1.29 is 14.7 Å². The number of likely N-dealkylation sites (N-methyl/N-ethyl adjacent to an activating group) is 1. The van der Waals surface area contributed by atoms with Crippen molar-refractivity contribution in [2.45, 2.75) is 39.7 Å². The van der Waals surface area contributed by atoms with Crippen LogP contribution in [0.15, 0.2) is 0 Å². The fraction of sp³-hybridized carbons (Fsp3) is 0.857. The molecule has 0 spiro atoms. The monoisotopic (exact) mass is 285 g/mol. The third kappa shape index (κ3) is 4.37. The topological polar surface area (TPSA) is 72.9 Å². The predicted octanol–water partition coefficient (Wildman–Crippen LogP) is 1.22. The minimum atomic E-state index is -0.767. The van der Waals surface area contributed by atoms with Gasteiger partial charge in [-0.25, -0.2) is 4.79 Å². The van der Waals surface area contributed by atoms with Crippen molar-refractivity contribution in [2.75, 3.05) is 33.2 Å². The van der Waals surface area contributed by atoms with Crippen LogP contribution in [0.2, 0.25) is 0 Å². The Morgan fingerprint density at radius 3 is 2.35 bits per heavy atom. The van der Waals surface area contributed by atoms with Crippen LogP contribution in [0, 0.1) is 5.41 Å². The molecule has 1 fully saturated rings. The number of carboxylic acids is 1. The summed E-state index contributed by atoms with van der Waals surface area (Å²) < 4.78 is 0. The molecule has 2 amide bonds. The van der Waals surface area contributed by atoms with Crippen LogP contribution < -0.4 is 5.32 Å². The highest BCUT2D eigenvalue weighted by Gasteiger charge is 2.37. The van der Waals surface area contributed by atoms with Crippen LogP contribution in [-0.4, -0.2) is 66.2 Å². The number of hydrogen-bond donors (Lipinski definition) is 2. The number of likely N-dealkylation sites (tertiary alicyclic amines) is 1. The number of amides is 2. The third-order valence-corrected chi connectivity index (χ3v) is 4.29. The second kappa shape index (κ2) is 6.92. The molecule has 0 atom stereocenters. The first-order chi connectivity index (χ1) is 9.26. The van der Waals surface area contributed by atoms with Crippen molar-refractivity contribution in [3.8, 4) is 0 Å². The van der Waals surface area contributed by atoms with Gasteiger partial charge in [0.1, 0.15) is 0 Å². The smallest absolute Gasteiger partial charge is 0.317 e. The van der Waals surface area contributed by atoms with E-state index in [0.29, 0.717) is 38.5 Å². The van der Waals surface area contributed by atoms with Gasteiger partial charge in [-0.3, -0.25) is 4.79 Å². The highest BCUT2D eigenvalue weighted by molar-refractivity contribution is 5.76. The van der Waals surface area contributed by atoms with E-state index < -0.39 is 11.4 Å². The predicted molar refractivity (Wildman–Crippen MR) is 77.7 cm³/mol. The number of carbonyl (C=O) groups is 2. The van der Waals surface area contributed by atoms with Crippen LogP contribution in [0.5, 0.6) is 0 Å². The summed E-state index contributed by atoms with van der Waals surface area (Å²) in [6, 6.07) is 0.368. The molecule has 0 saturated carbocycles. The molecule has 1 heterocycles. The quantitative estimate of drug-likeness (QED) is 0.796. The van der Waals surface area contributed by atoms with Crippen LogP contribution in [0.4, 0.5) is 4.79 Å². The van der Waals surface area contributed by atoms with E-state index in [2.05, 4.69) is 24.1 Å². The maximum atomic E-state index is 12.0. The zero-order valence-electron chi connectivity index (χ0n) is 13.0. The lowest BCUT2D eigenvalue weighted by Crippen LogP contribution is -2.49. The lowest BCUT2D eigenvalue weighted by Gasteiger charge is -2.36. The highest BCUT2D eigenvalue weighted by atomic mass is 16.4. The SMILES string of the molecule is CC(C)N(C)CCNC(=O)N1CCC(C)(C(=O)O)CC1. The van der Waals surface area contributed by atoms with E-state index in [1.54, 1.807) is 11.8 Å². The number of carboxylic acid groups (broad SMARTS) is 1. The van der Waals surface area contributed by atoms with Crippen molar-refractivity contribution in [3.63, 3.8) is 0 Å². The second-order valence-corrected chi connectivity index (χ2v) is 6.16. The zero-order chi connectivity index (χ0) is 15.3. The lowest BCUT2D eigenvalue weighted by molar-refractivity contribution is -0.150. The summed E-state index contributed by atoms with van der Waals surface area (Å²) in [6.07, 6.45) is 1.03. The number of rotatable bonds is 5. The third-order valence-electron chi connectivity index (χ3n) is 4.29. The van der Waals surface area contributed by atoms with E-state index >= 15 is 0 Å². The average molecular weight is 285 g/mol. The molecule has 2 N–H and O–H groups in total. The van der Waals surface area contributed by atoms with Crippen molar-refractivity contribution in [1.82, 2.24) is 15.1 Å². The van der Waals surface area contributed by atoms with Crippen LogP contribution >= 0.6 is 0 Å². The number of nitrogens with zero attached hydrogens (tertiary/aromatic N) is 2. The molecule has 6 nitrogen and oxygen atoms in total. The summed E-state index contributed by atoms with van der Waals surface area (Å²) in [7, 11) is 2.02. The molecule has 20 heavy (non-hydrogen) atoms. The number of carbonyl (C=O) groups excluding carboxylic acids is 1. The molecule has 0 aromatic carbocycles. The van der Waals surface area contributed by atoms with Crippen molar-refractivity contribution in [2.24, 2.45) is 5.41 Å². The van der Waals surface area contributed by atoms with Gasteiger partial charge in [-0.2, -0.15) is 0 Å². The summed E-state index contributed by atoms with van der Waals surface area (Å²) in [4.78, 5) is 27.0. The van der Waals surface area contributed by atoms with Crippen LogP contribution in [0.1, 0.15) is 33.6 Å². The molecule has 1 rings (SSSR count). The Balaban J connectivity index is 2.31. The van der Waals surface area contributed by atoms with Crippen molar-refractivity contribution in [1.29, 1.82) is 0 Å². The van der Waals surface area contributed by atoms with Gasteiger partial charge in [-0.05, 0) is 40.7 Å². The summed E-state index contributed by atoms with van der Waals surface area (Å²) in [6.45, 7) is 8.41. The van der Waals surface area contributed by atoms with Gasteiger partial charge in [0.2, 0.25) is 0 Å². The van der Waals surface area contributed by atoms with Gasteiger partial charge in [-0.15, -0.1) is 0 Å². The maximum Gasteiger partial charge on any atom is 0.317 e. The van der Waals surface area contributed by atoms with Gasteiger partial charge < -0.3 is 20.2 Å². The fourth-order valence-corrected chi connectivity index (χ4v) is 2.13. The largest absolute Gasteiger partial charge is 0.481 e. The van der Waals surface area contributed by atoms with Crippen LogP contribution in [-0.2, 0) is 4.79 Å². The van der Waals surface area contributed by atoms with Crippen molar-refractivity contribution >= 4 is 12.0 Å².